The van der Waals surface area contributed by atoms with Crippen molar-refractivity contribution in [2.24, 2.45) is 0 Å². The Balaban J connectivity index is 2.56. The van der Waals surface area contributed by atoms with E-state index in [1.807, 2.05) is 6.92 Å². The van der Waals surface area contributed by atoms with Gasteiger partial charge >= 0.3 is 0 Å². The fourth-order valence-electron chi connectivity index (χ4n) is 1.05. The normalized spacial score (nSPS) is 14.1. The van der Waals surface area contributed by atoms with Crippen molar-refractivity contribution in [1.82, 2.24) is 10.3 Å². The highest BCUT2D eigenvalue weighted by molar-refractivity contribution is 7.84. The van der Waals surface area contributed by atoms with Crippen LogP contribution in [-0.2, 0) is 10.8 Å². The van der Waals surface area contributed by atoms with Gasteiger partial charge in [0.25, 0.3) is 5.91 Å². The molecule has 0 bridgehead atoms. The molecule has 0 saturated carbocycles. The summed E-state index contributed by atoms with van der Waals surface area (Å²) in [5.74, 6) is 0.0752. The van der Waals surface area contributed by atoms with Gasteiger partial charge in [-0.05, 0) is 19.1 Å². The lowest BCUT2D eigenvalue weighted by Crippen LogP contribution is -2.32. The predicted molar refractivity (Wildman–Crippen MR) is 64.5 cm³/mol. The van der Waals surface area contributed by atoms with E-state index < -0.39 is 10.8 Å². The van der Waals surface area contributed by atoms with E-state index in [-0.39, 0.29) is 11.2 Å². The van der Waals surface area contributed by atoms with Crippen molar-refractivity contribution in [2.75, 3.05) is 18.5 Å². The Morgan fingerprint density at radius 2 is 2.38 bits per heavy atom. The number of amides is 1. The van der Waals surface area contributed by atoms with Crippen LogP contribution in [0.4, 0.5) is 5.82 Å². The molecule has 1 aromatic rings. The maximum Gasteiger partial charge on any atom is 0.251 e. The van der Waals surface area contributed by atoms with Crippen LogP contribution in [-0.4, -0.2) is 33.2 Å². The number of nitrogen functional groups attached to an aromatic ring is 1. The Morgan fingerprint density at radius 1 is 1.69 bits per heavy atom. The third-order valence-corrected chi connectivity index (χ3v) is 3.46. The third-order valence-electron chi connectivity index (χ3n) is 2.16. The number of rotatable bonds is 4. The van der Waals surface area contributed by atoms with Crippen LogP contribution in [0.3, 0.4) is 0 Å². The van der Waals surface area contributed by atoms with Crippen LogP contribution in [0.1, 0.15) is 17.3 Å². The van der Waals surface area contributed by atoms with Crippen LogP contribution in [0.2, 0.25) is 0 Å². The first-order valence-electron chi connectivity index (χ1n) is 4.82. The topological polar surface area (TPSA) is 85.1 Å². The molecule has 1 aromatic heterocycles. The van der Waals surface area contributed by atoms with E-state index in [2.05, 4.69) is 10.3 Å². The van der Waals surface area contributed by atoms with E-state index in [1.165, 1.54) is 12.3 Å². The maximum absolute atomic E-state index is 11.6. The van der Waals surface area contributed by atoms with Gasteiger partial charge in [-0.3, -0.25) is 9.00 Å². The van der Waals surface area contributed by atoms with Crippen LogP contribution in [0.15, 0.2) is 18.3 Å². The number of nitrogens with one attached hydrogen (secondary N) is 1. The number of pyridine rings is 1. The van der Waals surface area contributed by atoms with Crippen molar-refractivity contribution in [2.45, 2.75) is 12.2 Å². The first-order chi connectivity index (χ1) is 7.50. The summed E-state index contributed by atoms with van der Waals surface area (Å²) >= 11 is 0. The number of aromatic nitrogens is 1. The van der Waals surface area contributed by atoms with Crippen molar-refractivity contribution < 1.29 is 9.00 Å². The fourth-order valence-corrected chi connectivity index (χ4v) is 1.36. The Hall–Kier alpha value is -1.43. The summed E-state index contributed by atoms with van der Waals surface area (Å²) in [6.07, 6.45) is 3.09. The SMILES string of the molecule is CC(CNC(=O)c1ccnc(N)c1)S(C)=O. The molecule has 1 heterocycles. The summed E-state index contributed by atoms with van der Waals surface area (Å²) in [7, 11) is -0.939. The van der Waals surface area contributed by atoms with Gasteiger partial charge in [0, 0.05) is 40.6 Å². The second-order valence-corrected chi connectivity index (χ2v) is 5.29. The third kappa shape index (κ3) is 3.62. The molecule has 1 rings (SSSR count). The average Bonchev–Trinajstić information content (AvgIpc) is 2.25. The molecule has 0 saturated heterocycles. The highest BCUT2D eigenvalue weighted by Gasteiger charge is 2.10. The predicted octanol–water partition coefficient (Wildman–Crippen LogP) is 0.161. The molecule has 88 valence electrons. The molecule has 3 N–H and O–H groups in total. The summed E-state index contributed by atoms with van der Waals surface area (Å²) in [5.41, 5.74) is 5.92. The van der Waals surface area contributed by atoms with Crippen LogP contribution in [0.25, 0.3) is 0 Å². The van der Waals surface area contributed by atoms with Gasteiger partial charge < -0.3 is 11.1 Å². The fraction of sp³-hybridized carbons (Fsp3) is 0.400. The number of carbonyl (C=O) groups is 1. The van der Waals surface area contributed by atoms with Gasteiger partial charge in [0.15, 0.2) is 0 Å². The molecular weight excluding hydrogens is 226 g/mol. The molecule has 0 aliphatic heterocycles. The number of anilines is 1. The zero-order valence-corrected chi connectivity index (χ0v) is 10.1. The molecule has 0 fully saturated rings. The number of hydrogen-bond donors (Lipinski definition) is 2. The molecule has 2 atom stereocenters. The number of nitrogens with two attached hydrogens (primary N) is 1. The quantitative estimate of drug-likeness (QED) is 0.786. The van der Waals surface area contributed by atoms with Gasteiger partial charge in [-0.25, -0.2) is 4.98 Å². The van der Waals surface area contributed by atoms with Crippen molar-refractivity contribution >= 4 is 22.5 Å². The number of carbonyl (C=O) groups excluding carboxylic acids is 1. The molecule has 6 heteroatoms. The van der Waals surface area contributed by atoms with Crippen LogP contribution >= 0.6 is 0 Å². The molecule has 0 aliphatic carbocycles. The van der Waals surface area contributed by atoms with E-state index in [1.54, 1.807) is 12.3 Å². The molecule has 1 amide bonds. The van der Waals surface area contributed by atoms with E-state index in [0.717, 1.165) is 0 Å². The largest absolute Gasteiger partial charge is 0.384 e. The summed E-state index contributed by atoms with van der Waals surface area (Å²) in [6, 6.07) is 3.09. The van der Waals surface area contributed by atoms with Crippen LogP contribution in [0.5, 0.6) is 0 Å². The Bertz CT molecular complexity index is 409. The smallest absolute Gasteiger partial charge is 0.251 e. The summed E-state index contributed by atoms with van der Waals surface area (Å²) in [6.45, 7) is 2.20. The monoisotopic (exact) mass is 241 g/mol. The molecule has 0 aromatic carbocycles. The van der Waals surface area contributed by atoms with E-state index in [4.69, 9.17) is 5.73 Å². The lowest BCUT2D eigenvalue weighted by Gasteiger charge is -2.09. The zero-order chi connectivity index (χ0) is 12.1. The summed E-state index contributed by atoms with van der Waals surface area (Å²) in [4.78, 5) is 15.4. The minimum Gasteiger partial charge on any atom is -0.384 e. The number of hydrogen-bond acceptors (Lipinski definition) is 4. The first kappa shape index (κ1) is 12.6. The number of nitrogens with zero attached hydrogens (tertiary/aromatic N) is 1. The van der Waals surface area contributed by atoms with Gasteiger partial charge in [0.05, 0.1) is 0 Å². The Labute approximate surface area is 96.9 Å². The molecule has 0 spiro atoms. The Kier molecular flexibility index (Phi) is 4.42. The summed E-state index contributed by atoms with van der Waals surface area (Å²) < 4.78 is 11.1. The molecular formula is C10H15N3O2S. The van der Waals surface area contributed by atoms with Crippen molar-refractivity contribution in [3.63, 3.8) is 0 Å². The van der Waals surface area contributed by atoms with Crippen molar-refractivity contribution in [3.05, 3.63) is 23.9 Å². The minimum absolute atomic E-state index is 0.0665. The van der Waals surface area contributed by atoms with Crippen molar-refractivity contribution in [3.8, 4) is 0 Å². The molecule has 0 aliphatic rings. The summed E-state index contributed by atoms with van der Waals surface area (Å²) in [5, 5.41) is 2.63. The highest BCUT2D eigenvalue weighted by Crippen LogP contribution is 2.02. The van der Waals surface area contributed by atoms with E-state index in [9.17, 15) is 9.00 Å². The van der Waals surface area contributed by atoms with Crippen LogP contribution in [0, 0.1) is 0 Å². The highest BCUT2D eigenvalue weighted by atomic mass is 32.2. The van der Waals surface area contributed by atoms with Gasteiger partial charge in [-0.1, -0.05) is 0 Å². The molecule has 0 radical (unpaired) electrons. The second kappa shape index (κ2) is 5.60. The lowest BCUT2D eigenvalue weighted by molar-refractivity contribution is 0.0954. The van der Waals surface area contributed by atoms with Gasteiger partial charge in [0.1, 0.15) is 5.82 Å². The van der Waals surface area contributed by atoms with Gasteiger partial charge in [0.2, 0.25) is 0 Å². The first-order valence-corrected chi connectivity index (χ1v) is 6.44. The van der Waals surface area contributed by atoms with Gasteiger partial charge in [-0.15, -0.1) is 0 Å². The zero-order valence-electron chi connectivity index (χ0n) is 9.27. The van der Waals surface area contributed by atoms with Gasteiger partial charge in [-0.2, -0.15) is 0 Å². The van der Waals surface area contributed by atoms with Crippen molar-refractivity contribution in [1.29, 1.82) is 0 Å². The minimum atomic E-state index is -0.939. The molecule has 2 unspecified atom stereocenters. The van der Waals surface area contributed by atoms with Crippen LogP contribution < -0.4 is 11.1 Å². The van der Waals surface area contributed by atoms with E-state index in [0.29, 0.717) is 17.9 Å². The molecule has 16 heavy (non-hydrogen) atoms. The average molecular weight is 241 g/mol. The molecule has 5 nitrogen and oxygen atoms in total. The second-order valence-electron chi connectivity index (χ2n) is 3.49. The Morgan fingerprint density at radius 3 is 2.94 bits per heavy atom. The lowest BCUT2D eigenvalue weighted by atomic mass is 10.2. The standard InChI is InChI=1S/C10H15N3O2S/c1-7(16(2)15)6-13-10(14)8-3-4-12-9(11)5-8/h3-5,7H,6H2,1-2H3,(H2,11,12)(H,13,14). The maximum atomic E-state index is 11.6. The van der Waals surface area contributed by atoms with E-state index >= 15 is 0 Å².